The van der Waals surface area contributed by atoms with Crippen LogP contribution in [0.4, 0.5) is 0 Å². The van der Waals surface area contributed by atoms with Crippen LogP contribution in [0.5, 0.6) is 0 Å². The lowest BCUT2D eigenvalue weighted by Gasteiger charge is -1.88. The molecule has 53 valence electrons. The molecule has 4 nitrogen and oxygen atoms in total. The Bertz CT molecular complexity index is 241. The van der Waals surface area contributed by atoms with Gasteiger partial charge in [-0.3, -0.25) is 0 Å². The molecule has 1 aromatic heterocycles. The maximum atomic E-state index is 10.6. The van der Waals surface area contributed by atoms with Crippen molar-refractivity contribution in [3.05, 3.63) is 24.4 Å². The fourth-order valence-corrected chi connectivity index (χ4v) is 0.509. The van der Waals surface area contributed by atoms with Crippen LogP contribution in [0.15, 0.2) is 10.6 Å². The van der Waals surface area contributed by atoms with Crippen molar-refractivity contribution in [2.24, 2.45) is 0 Å². The summed E-state index contributed by atoms with van der Waals surface area (Å²) in [5, 5.41) is 3.40. The molecule has 0 unspecified atom stereocenters. The number of carbonyl (C=O) groups is 1. The Morgan fingerprint density at radius 1 is 1.90 bits per heavy atom. The first-order valence-corrected chi connectivity index (χ1v) is 2.61. The minimum atomic E-state index is -0.539. The SMILES string of the molecule is [CH2]c1cc(C(=O)OC)on1. The van der Waals surface area contributed by atoms with Gasteiger partial charge in [0.1, 0.15) is 0 Å². The van der Waals surface area contributed by atoms with Crippen LogP contribution in [0, 0.1) is 6.92 Å². The highest BCUT2D eigenvalue weighted by Crippen LogP contribution is 2.02. The molecule has 0 amide bonds. The van der Waals surface area contributed by atoms with E-state index >= 15 is 0 Å². The molecule has 0 saturated heterocycles. The first-order valence-electron chi connectivity index (χ1n) is 2.61. The van der Waals surface area contributed by atoms with Gasteiger partial charge >= 0.3 is 5.97 Å². The van der Waals surface area contributed by atoms with E-state index in [2.05, 4.69) is 21.3 Å². The molecular weight excluding hydrogens is 134 g/mol. The number of rotatable bonds is 1. The molecule has 0 aliphatic rings. The molecule has 0 aliphatic carbocycles. The van der Waals surface area contributed by atoms with E-state index in [4.69, 9.17) is 0 Å². The van der Waals surface area contributed by atoms with E-state index in [1.807, 2.05) is 0 Å². The Morgan fingerprint density at radius 3 is 3.00 bits per heavy atom. The highest BCUT2D eigenvalue weighted by molar-refractivity contribution is 5.86. The van der Waals surface area contributed by atoms with E-state index in [0.717, 1.165) is 0 Å². The van der Waals surface area contributed by atoms with E-state index in [0.29, 0.717) is 5.69 Å². The number of esters is 1. The number of hydrogen-bond donors (Lipinski definition) is 0. The van der Waals surface area contributed by atoms with Gasteiger partial charge < -0.3 is 9.26 Å². The van der Waals surface area contributed by atoms with Crippen LogP contribution in [-0.2, 0) is 4.74 Å². The molecule has 1 heterocycles. The summed E-state index contributed by atoms with van der Waals surface area (Å²) in [6, 6.07) is 1.41. The minimum absolute atomic E-state index is 0.0764. The van der Waals surface area contributed by atoms with Crippen molar-refractivity contribution >= 4 is 5.97 Å². The van der Waals surface area contributed by atoms with Crippen LogP contribution in [-0.4, -0.2) is 18.2 Å². The van der Waals surface area contributed by atoms with Crippen molar-refractivity contribution < 1.29 is 14.1 Å². The molecule has 10 heavy (non-hydrogen) atoms. The van der Waals surface area contributed by atoms with Gasteiger partial charge in [-0.15, -0.1) is 0 Å². The van der Waals surface area contributed by atoms with Crippen molar-refractivity contribution in [1.82, 2.24) is 5.16 Å². The van der Waals surface area contributed by atoms with Gasteiger partial charge in [-0.05, 0) is 6.92 Å². The summed E-state index contributed by atoms with van der Waals surface area (Å²) >= 11 is 0. The van der Waals surface area contributed by atoms with Crippen molar-refractivity contribution in [3.63, 3.8) is 0 Å². The molecule has 0 bridgehead atoms. The fraction of sp³-hybridized carbons (Fsp3) is 0.167. The number of ether oxygens (including phenoxy) is 1. The maximum Gasteiger partial charge on any atom is 0.376 e. The number of nitrogens with zero attached hydrogens (tertiary/aromatic N) is 1. The second-order valence-corrected chi connectivity index (χ2v) is 1.67. The van der Waals surface area contributed by atoms with Gasteiger partial charge in [-0.25, -0.2) is 4.79 Å². The Morgan fingerprint density at radius 2 is 2.60 bits per heavy atom. The standard InChI is InChI=1S/C6H6NO3/c1-4-3-5(10-7-4)6(8)9-2/h3H,1H2,2H3. The first-order chi connectivity index (χ1) is 4.74. The Hall–Kier alpha value is -1.32. The van der Waals surface area contributed by atoms with Gasteiger partial charge in [-0.1, -0.05) is 5.16 Å². The molecule has 0 N–H and O–H groups in total. The zero-order valence-corrected chi connectivity index (χ0v) is 5.46. The van der Waals surface area contributed by atoms with Gasteiger partial charge in [0, 0.05) is 6.07 Å². The average molecular weight is 140 g/mol. The Labute approximate surface area is 57.8 Å². The summed E-state index contributed by atoms with van der Waals surface area (Å²) < 4.78 is 8.88. The third-order valence-corrected chi connectivity index (χ3v) is 0.946. The van der Waals surface area contributed by atoms with E-state index in [-0.39, 0.29) is 5.76 Å². The lowest BCUT2D eigenvalue weighted by Crippen LogP contribution is -1.98. The molecule has 1 rings (SSSR count). The predicted octanol–water partition coefficient (Wildman–Crippen LogP) is 0.643. The zero-order chi connectivity index (χ0) is 7.56. The van der Waals surface area contributed by atoms with E-state index in [1.165, 1.54) is 13.2 Å². The summed E-state index contributed by atoms with van der Waals surface area (Å²) in [7, 11) is 1.27. The van der Waals surface area contributed by atoms with E-state index in [9.17, 15) is 4.79 Å². The highest BCUT2D eigenvalue weighted by Gasteiger charge is 2.10. The molecule has 0 fully saturated rings. The summed E-state index contributed by atoms with van der Waals surface area (Å²) in [5.74, 6) is -0.463. The smallest absolute Gasteiger partial charge is 0.376 e. The Kier molecular flexibility index (Phi) is 1.71. The van der Waals surface area contributed by atoms with Crippen LogP contribution in [0.2, 0.25) is 0 Å². The molecular formula is C6H6NO3. The van der Waals surface area contributed by atoms with Crippen LogP contribution in [0.1, 0.15) is 16.2 Å². The van der Waals surface area contributed by atoms with Gasteiger partial charge in [0.25, 0.3) is 0 Å². The highest BCUT2D eigenvalue weighted by atomic mass is 16.5. The molecule has 1 radical (unpaired) electrons. The van der Waals surface area contributed by atoms with Crippen LogP contribution in [0.25, 0.3) is 0 Å². The molecule has 0 saturated carbocycles. The minimum Gasteiger partial charge on any atom is -0.463 e. The quantitative estimate of drug-likeness (QED) is 0.537. The van der Waals surface area contributed by atoms with Crippen molar-refractivity contribution in [1.29, 1.82) is 0 Å². The largest absolute Gasteiger partial charge is 0.463 e. The van der Waals surface area contributed by atoms with Crippen molar-refractivity contribution in [3.8, 4) is 0 Å². The third-order valence-electron chi connectivity index (χ3n) is 0.946. The lowest BCUT2D eigenvalue weighted by atomic mass is 10.4. The second-order valence-electron chi connectivity index (χ2n) is 1.67. The molecule has 4 heteroatoms. The van der Waals surface area contributed by atoms with Gasteiger partial charge in [0.15, 0.2) is 0 Å². The topological polar surface area (TPSA) is 52.3 Å². The number of methoxy groups -OCH3 is 1. The summed E-state index contributed by atoms with van der Waals surface area (Å²) in [6.07, 6.45) is 0. The summed E-state index contributed by atoms with van der Waals surface area (Å²) in [5.41, 5.74) is 0.417. The van der Waals surface area contributed by atoms with Gasteiger partial charge in [0.05, 0.1) is 12.8 Å². The van der Waals surface area contributed by atoms with E-state index < -0.39 is 5.97 Å². The maximum absolute atomic E-state index is 10.6. The van der Waals surface area contributed by atoms with Gasteiger partial charge in [0.2, 0.25) is 5.76 Å². The number of aromatic nitrogens is 1. The van der Waals surface area contributed by atoms with Crippen LogP contribution < -0.4 is 0 Å². The molecule has 0 spiro atoms. The number of hydrogen-bond acceptors (Lipinski definition) is 4. The normalized spacial score (nSPS) is 9.40. The third kappa shape index (κ3) is 1.15. The van der Waals surface area contributed by atoms with Crippen LogP contribution in [0.3, 0.4) is 0 Å². The fourth-order valence-electron chi connectivity index (χ4n) is 0.509. The number of carbonyl (C=O) groups excluding carboxylic acids is 1. The molecule has 0 aromatic carbocycles. The van der Waals surface area contributed by atoms with Gasteiger partial charge in [-0.2, -0.15) is 0 Å². The molecule has 1 aromatic rings. The van der Waals surface area contributed by atoms with Crippen molar-refractivity contribution in [2.45, 2.75) is 0 Å². The van der Waals surface area contributed by atoms with Crippen LogP contribution >= 0.6 is 0 Å². The predicted molar refractivity (Wildman–Crippen MR) is 32.3 cm³/mol. The first kappa shape index (κ1) is 6.80. The molecule has 0 atom stereocenters. The lowest BCUT2D eigenvalue weighted by molar-refractivity contribution is 0.0554. The van der Waals surface area contributed by atoms with Crippen molar-refractivity contribution in [2.75, 3.05) is 7.11 Å². The monoisotopic (exact) mass is 140 g/mol. The molecule has 0 aliphatic heterocycles. The summed E-state index contributed by atoms with van der Waals surface area (Å²) in [4.78, 5) is 10.6. The second kappa shape index (κ2) is 2.51. The van der Waals surface area contributed by atoms with E-state index in [1.54, 1.807) is 0 Å². The average Bonchev–Trinajstić information content (AvgIpc) is 2.34. The Balaban J connectivity index is 2.85. The zero-order valence-electron chi connectivity index (χ0n) is 5.46. The summed E-state index contributed by atoms with van der Waals surface area (Å²) in [6.45, 7) is 3.45.